The molecular weight excluding hydrogens is 1450 g/mol. The lowest BCUT2D eigenvalue weighted by Crippen LogP contribution is -2.38. The fourth-order valence-electron chi connectivity index (χ4n) is 18.0. The van der Waals surface area contributed by atoms with Crippen LogP contribution in [0.15, 0.2) is 147 Å². The Morgan fingerprint density at radius 3 is 0.492 bits per heavy atom. The number of hydrogen-bond acceptors (Lipinski definition) is 2. The van der Waals surface area contributed by atoms with E-state index in [1.807, 2.05) is 0 Å². The van der Waals surface area contributed by atoms with Crippen molar-refractivity contribution in [2.24, 2.45) is 0 Å². The normalized spacial score (nSPS) is 11.7. The van der Waals surface area contributed by atoms with E-state index in [9.17, 15) is 0 Å². The first kappa shape index (κ1) is 103. The molecule has 6 heteroatoms. The molecule has 0 unspecified atom stereocenters. The minimum absolute atomic E-state index is 0.987. The van der Waals surface area contributed by atoms with Crippen molar-refractivity contribution in [1.29, 1.82) is 0 Å². The van der Waals surface area contributed by atoms with Gasteiger partial charge in [-0.25, -0.2) is 18.3 Å². The molecule has 0 saturated heterocycles. The molecular formula is C114H188N6+4. The zero-order chi connectivity index (χ0) is 84.2. The second kappa shape index (κ2) is 74.5. The van der Waals surface area contributed by atoms with Crippen LogP contribution in [0.2, 0.25) is 0 Å². The highest BCUT2D eigenvalue weighted by molar-refractivity contribution is 5.71. The van der Waals surface area contributed by atoms with E-state index in [1.165, 1.54) is 482 Å². The number of aromatic nitrogens is 4. The molecule has 6 nitrogen and oxygen atoms in total. The third-order valence-corrected chi connectivity index (χ3v) is 26.2. The van der Waals surface area contributed by atoms with Crippen LogP contribution in [-0.2, 0) is 26.2 Å². The third-order valence-electron chi connectivity index (χ3n) is 26.2. The van der Waals surface area contributed by atoms with Crippen molar-refractivity contribution in [1.82, 2.24) is 0 Å². The van der Waals surface area contributed by atoms with Gasteiger partial charge in [0.05, 0.1) is 12.8 Å². The van der Waals surface area contributed by atoms with Gasteiger partial charge in [0.25, 0.3) is 0 Å². The molecule has 0 aliphatic carbocycles. The predicted octanol–water partition coefficient (Wildman–Crippen LogP) is 33.7. The van der Waals surface area contributed by atoms with Crippen LogP contribution in [0.5, 0.6) is 0 Å². The summed E-state index contributed by atoms with van der Waals surface area (Å²) in [5.41, 5.74) is 10.4. The highest BCUT2D eigenvalue weighted by Crippen LogP contribution is 2.26. The Labute approximate surface area is 743 Å². The molecule has 0 N–H and O–H groups in total. The minimum Gasteiger partial charge on any atom is -0.372 e. The van der Waals surface area contributed by atoms with Gasteiger partial charge in [0, 0.05) is 86.1 Å². The first-order chi connectivity index (χ1) is 59.5. The van der Waals surface area contributed by atoms with Crippen LogP contribution in [0, 0.1) is 0 Å². The largest absolute Gasteiger partial charge is 0.372 e. The van der Waals surface area contributed by atoms with Crippen molar-refractivity contribution in [3.05, 3.63) is 169 Å². The Bertz CT molecular complexity index is 2970. The minimum atomic E-state index is 0.987. The molecule has 0 spiro atoms. The Morgan fingerprint density at radius 2 is 0.317 bits per heavy atom. The van der Waals surface area contributed by atoms with Gasteiger partial charge in [0.15, 0.2) is 75.8 Å². The highest BCUT2D eigenvalue weighted by atomic mass is 15.1. The molecule has 0 fully saturated rings. The SMILES string of the molecule is CCCCCCCCCCCCCCCCCCN(CCCCCCCCCCCCCCCCCC)c1ccc(/C=C/c2cc[n+](CCC[n+]3ccc(-c4cc[n+](CCC[n+]5ccc(/C=C/c6ccc(N(CCCCCCCCCCCCCCCCCC)CCCCCCCCCCCCCCCCCC)cc6)cc5)cc4)cc3)cc2)cc1. The van der Waals surface area contributed by atoms with Crippen LogP contribution in [0.4, 0.5) is 11.4 Å². The van der Waals surface area contributed by atoms with Gasteiger partial charge in [-0.3, -0.25) is 0 Å². The van der Waals surface area contributed by atoms with Gasteiger partial charge in [0.2, 0.25) is 0 Å². The lowest BCUT2D eigenvalue weighted by Gasteiger charge is -2.25. The molecule has 0 saturated carbocycles. The maximum absolute atomic E-state index is 2.72. The Kier molecular flexibility index (Phi) is 63.9. The van der Waals surface area contributed by atoms with Gasteiger partial charge in [-0.1, -0.05) is 462 Å². The van der Waals surface area contributed by atoms with E-state index in [4.69, 9.17) is 0 Å². The number of anilines is 2. The number of pyridine rings is 4. The maximum atomic E-state index is 2.72. The molecule has 120 heavy (non-hydrogen) atoms. The monoisotopic (exact) mass is 1640 g/mol. The molecule has 4 aromatic heterocycles. The van der Waals surface area contributed by atoms with Crippen LogP contribution in [0.3, 0.4) is 0 Å². The van der Waals surface area contributed by atoms with Crippen molar-refractivity contribution in [3.8, 4) is 11.1 Å². The van der Waals surface area contributed by atoms with Crippen LogP contribution >= 0.6 is 0 Å². The Morgan fingerprint density at radius 1 is 0.167 bits per heavy atom. The van der Waals surface area contributed by atoms with Crippen LogP contribution in [-0.4, -0.2) is 26.2 Å². The van der Waals surface area contributed by atoms with Gasteiger partial charge in [0.1, 0.15) is 0 Å². The van der Waals surface area contributed by atoms with Gasteiger partial charge in [-0.15, -0.1) is 0 Å². The van der Waals surface area contributed by atoms with Crippen molar-refractivity contribution >= 4 is 35.7 Å². The summed E-state index contributed by atoms with van der Waals surface area (Å²) in [6.45, 7) is 18.0. The average molecular weight is 1640 g/mol. The summed E-state index contributed by atoms with van der Waals surface area (Å²) in [5, 5.41) is 0. The molecule has 2 aromatic carbocycles. The lowest BCUT2D eigenvalue weighted by molar-refractivity contribution is -0.727. The highest BCUT2D eigenvalue weighted by Gasteiger charge is 2.14. The zero-order valence-corrected chi connectivity index (χ0v) is 79.2. The number of rotatable bonds is 83. The molecule has 0 amide bonds. The smallest absolute Gasteiger partial charge is 0.169 e. The molecule has 0 atom stereocenters. The van der Waals surface area contributed by atoms with Crippen molar-refractivity contribution in [2.45, 2.75) is 478 Å². The van der Waals surface area contributed by atoms with Crippen LogP contribution < -0.4 is 28.1 Å². The van der Waals surface area contributed by atoms with E-state index in [0.717, 1.165) is 39.0 Å². The maximum Gasteiger partial charge on any atom is 0.169 e. The number of benzene rings is 2. The quantitative estimate of drug-likeness (QED) is 0.0280. The van der Waals surface area contributed by atoms with E-state index >= 15 is 0 Å². The molecule has 0 aliphatic heterocycles. The molecule has 0 radical (unpaired) electrons. The number of nitrogens with zero attached hydrogens (tertiary/aromatic N) is 6. The Balaban J connectivity index is 0.851. The molecule has 6 aromatic rings. The van der Waals surface area contributed by atoms with Crippen molar-refractivity contribution < 1.29 is 18.3 Å². The fraction of sp³-hybridized carbons (Fsp3) is 0.684. The van der Waals surface area contributed by atoms with Crippen LogP contribution in [0.25, 0.3) is 35.4 Å². The summed E-state index contributed by atoms with van der Waals surface area (Å²) in [4.78, 5) is 5.43. The summed E-state index contributed by atoms with van der Waals surface area (Å²) in [5.74, 6) is 0. The molecule has 0 bridgehead atoms. The van der Waals surface area contributed by atoms with E-state index in [-0.39, 0.29) is 0 Å². The van der Waals surface area contributed by atoms with Gasteiger partial charge < -0.3 is 9.80 Å². The van der Waals surface area contributed by atoms with Gasteiger partial charge in [-0.2, -0.15) is 0 Å². The van der Waals surface area contributed by atoms with Crippen molar-refractivity contribution in [2.75, 3.05) is 36.0 Å². The van der Waals surface area contributed by atoms with Crippen molar-refractivity contribution in [3.63, 3.8) is 0 Å². The first-order valence-corrected chi connectivity index (χ1v) is 52.6. The predicted molar refractivity (Wildman–Crippen MR) is 528 cm³/mol. The second-order valence-electron chi connectivity index (χ2n) is 37.1. The first-order valence-electron chi connectivity index (χ1n) is 52.6. The summed E-state index contributed by atoms with van der Waals surface area (Å²) in [6, 6.07) is 37.1. The topological polar surface area (TPSA) is 22.0 Å². The van der Waals surface area contributed by atoms with E-state index in [2.05, 4.69) is 227 Å². The average Bonchev–Trinajstić information content (AvgIpc) is 0.864. The summed E-state index contributed by atoms with van der Waals surface area (Å²) in [7, 11) is 0. The number of unbranched alkanes of at least 4 members (excludes halogenated alkanes) is 60. The van der Waals surface area contributed by atoms with Gasteiger partial charge >= 0.3 is 0 Å². The van der Waals surface area contributed by atoms with Crippen LogP contribution in [0.1, 0.15) is 474 Å². The van der Waals surface area contributed by atoms with E-state index in [1.54, 1.807) is 0 Å². The molecule has 4 heterocycles. The number of aryl methyl sites for hydroxylation is 4. The lowest BCUT2D eigenvalue weighted by atomic mass is 10.0. The van der Waals surface area contributed by atoms with Gasteiger partial charge in [-0.05, 0) is 83.3 Å². The third kappa shape index (κ3) is 54.0. The molecule has 670 valence electrons. The molecule has 6 rings (SSSR count). The number of hydrogen-bond donors (Lipinski definition) is 0. The summed E-state index contributed by atoms with van der Waals surface area (Å²) < 4.78 is 9.31. The fourth-order valence-corrected chi connectivity index (χ4v) is 18.0. The van der Waals surface area contributed by atoms with E-state index < -0.39 is 0 Å². The zero-order valence-electron chi connectivity index (χ0n) is 79.2. The summed E-state index contributed by atoms with van der Waals surface area (Å²) in [6.07, 6.45) is 120. The van der Waals surface area contributed by atoms with E-state index in [0.29, 0.717) is 0 Å². The summed E-state index contributed by atoms with van der Waals surface area (Å²) >= 11 is 0. The molecule has 0 aliphatic rings. The second-order valence-corrected chi connectivity index (χ2v) is 37.1. The standard InChI is InChI=1S/C114H188N6/c1-5-9-13-17-21-25-29-33-37-41-45-49-53-57-61-65-95-119(96-66-62-58-54-50-46-42-38-34-30-26-22-18-14-10-6-2)113-79-75-107(76-80-113)71-73-109-83-99-115(100-84-109)91-69-93-117-103-87-111(88-104-117)112-89-105-118(106-90-112)94-70-92-116-101-85-110(86-102-116)74-72-108-77-81-114(82-78-108)120(97-67-63-59-55-51-47-43-39-35-31-27-23-19-15-11-7-3)98-68-64-60-56-52-48-44-40-36-32-28-24-20-16-12-8-4/h71-90,99-106H,5-70,91-98H2,1-4H3/q+4. The Hall–Kier alpha value is -5.88.